The highest BCUT2D eigenvalue weighted by atomic mass is 32.1. The zero-order valence-electron chi connectivity index (χ0n) is 19.9. The first-order chi connectivity index (χ1) is 17.1. The Kier molecular flexibility index (Phi) is 8.32. The molecule has 4 rings (SSSR count). The Balaban J connectivity index is 1.70. The Morgan fingerprint density at radius 3 is 2.37 bits per heavy atom. The van der Waals surface area contributed by atoms with Gasteiger partial charge in [0.25, 0.3) is 5.91 Å². The minimum Gasteiger partial charge on any atom is -0.351 e. The first-order valence-electron chi connectivity index (χ1n) is 12.2. The van der Waals surface area contributed by atoms with Crippen LogP contribution in [0.3, 0.4) is 0 Å². The van der Waals surface area contributed by atoms with E-state index in [4.69, 9.17) is 0 Å². The summed E-state index contributed by atoms with van der Waals surface area (Å²) in [6.45, 7) is 1.81. The SMILES string of the molecule is CCc1ccccc1N(C(=O)CNC(=O)c1cccs1)[C@H](C(=O)NC1CCCC1)c1ccccc1. The second kappa shape index (κ2) is 11.8. The number of aryl methyl sites for hydroxylation is 1. The van der Waals surface area contributed by atoms with E-state index in [1.807, 2.05) is 66.9 Å². The summed E-state index contributed by atoms with van der Waals surface area (Å²) in [5.41, 5.74) is 2.37. The molecular formula is C28H31N3O3S. The average molecular weight is 490 g/mol. The fourth-order valence-corrected chi connectivity index (χ4v) is 5.24. The Bertz CT molecular complexity index is 1140. The number of nitrogens with one attached hydrogen (secondary N) is 2. The third kappa shape index (κ3) is 5.98. The molecule has 3 amide bonds. The van der Waals surface area contributed by atoms with Crippen molar-refractivity contribution in [3.8, 4) is 0 Å². The molecule has 182 valence electrons. The van der Waals surface area contributed by atoms with E-state index in [1.54, 1.807) is 17.0 Å². The molecule has 1 saturated carbocycles. The van der Waals surface area contributed by atoms with Gasteiger partial charge in [-0.3, -0.25) is 19.3 Å². The van der Waals surface area contributed by atoms with Crippen LogP contribution in [0.2, 0.25) is 0 Å². The number of hydrogen-bond donors (Lipinski definition) is 2. The molecule has 1 aliphatic rings. The van der Waals surface area contributed by atoms with Gasteiger partial charge in [0.2, 0.25) is 11.8 Å². The van der Waals surface area contributed by atoms with Crippen LogP contribution in [0.15, 0.2) is 72.1 Å². The van der Waals surface area contributed by atoms with E-state index in [0.717, 1.165) is 36.8 Å². The molecule has 35 heavy (non-hydrogen) atoms. The van der Waals surface area contributed by atoms with Crippen molar-refractivity contribution in [2.24, 2.45) is 0 Å². The molecule has 1 aromatic heterocycles. The smallest absolute Gasteiger partial charge is 0.261 e. The summed E-state index contributed by atoms with van der Waals surface area (Å²) in [4.78, 5) is 42.2. The van der Waals surface area contributed by atoms with E-state index in [0.29, 0.717) is 17.0 Å². The number of nitrogens with zero attached hydrogens (tertiary/aromatic N) is 1. The van der Waals surface area contributed by atoms with E-state index < -0.39 is 6.04 Å². The zero-order valence-corrected chi connectivity index (χ0v) is 20.7. The zero-order chi connectivity index (χ0) is 24.6. The average Bonchev–Trinajstić information content (AvgIpc) is 3.61. The van der Waals surface area contributed by atoms with E-state index >= 15 is 0 Å². The molecule has 2 aromatic carbocycles. The van der Waals surface area contributed by atoms with Crippen molar-refractivity contribution in [3.63, 3.8) is 0 Å². The molecule has 0 bridgehead atoms. The van der Waals surface area contributed by atoms with E-state index in [-0.39, 0.29) is 30.3 Å². The Labute approximate surface area is 210 Å². The van der Waals surface area contributed by atoms with Gasteiger partial charge in [0.15, 0.2) is 0 Å². The highest BCUT2D eigenvalue weighted by Crippen LogP contribution is 2.32. The van der Waals surface area contributed by atoms with Crippen molar-refractivity contribution in [1.29, 1.82) is 0 Å². The van der Waals surface area contributed by atoms with Crippen molar-refractivity contribution in [1.82, 2.24) is 10.6 Å². The van der Waals surface area contributed by atoms with Crippen LogP contribution in [0, 0.1) is 0 Å². The Morgan fingerprint density at radius 2 is 1.69 bits per heavy atom. The lowest BCUT2D eigenvalue weighted by Crippen LogP contribution is -2.49. The molecule has 0 unspecified atom stereocenters. The standard InChI is InChI=1S/C28H31N3O3S/c1-2-20-11-6-9-16-23(20)31(25(32)19-29-27(33)24-17-10-18-35-24)26(21-12-4-3-5-13-21)28(34)30-22-14-7-8-15-22/h3-6,9-13,16-18,22,26H,2,7-8,14-15,19H2,1H3,(H,29,33)(H,30,34)/t26-/m0/s1. The van der Waals surface area contributed by atoms with Crippen LogP contribution < -0.4 is 15.5 Å². The molecule has 0 aliphatic heterocycles. The lowest BCUT2D eigenvalue weighted by atomic mass is 10.0. The number of thiophene rings is 1. The van der Waals surface area contributed by atoms with Crippen LogP contribution in [0.4, 0.5) is 5.69 Å². The van der Waals surface area contributed by atoms with Gasteiger partial charge < -0.3 is 10.6 Å². The van der Waals surface area contributed by atoms with Crippen LogP contribution >= 0.6 is 11.3 Å². The van der Waals surface area contributed by atoms with E-state index in [9.17, 15) is 14.4 Å². The number of hydrogen-bond acceptors (Lipinski definition) is 4. The molecular weight excluding hydrogens is 458 g/mol. The largest absolute Gasteiger partial charge is 0.351 e. The molecule has 1 fully saturated rings. The molecule has 1 heterocycles. The Hall–Kier alpha value is -3.45. The van der Waals surface area contributed by atoms with Gasteiger partial charge in [-0.1, -0.05) is 74.4 Å². The van der Waals surface area contributed by atoms with Gasteiger partial charge in [0.05, 0.1) is 11.4 Å². The van der Waals surface area contributed by atoms with Crippen LogP contribution in [0.25, 0.3) is 0 Å². The van der Waals surface area contributed by atoms with Crippen LogP contribution in [-0.2, 0) is 16.0 Å². The maximum absolute atomic E-state index is 13.8. The number of benzene rings is 2. The topological polar surface area (TPSA) is 78.5 Å². The Morgan fingerprint density at radius 1 is 0.971 bits per heavy atom. The predicted octanol–water partition coefficient (Wildman–Crippen LogP) is 4.87. The lowest BCUT2D eigenvalue weighted by Gasteiger charge is -2.33. The van der Waals surface area contributed by atoms with Gasteiger partial charge in [-0.05, 0) is 47.9 Å². The third-order valence-electron chi connectivity index (χ3n) is 6.37. The minimum absolute atomic E-state index is 0.116. The second-order valence-corrected chi connectivity index (χ2v) is 9.66. The van der Waals surface area contributed by atoms with Gasteiger partial charge in [-0.2, -0.15) is 0 Å². The third-order valence-corrected chi connectivity index (χ3v) is 7.24. The first-order valence-corrected chi connectivity index (χ1v) is 13.0. The summed E-state index contributed by atoms with van der Waals surface area (Å²) in [6.07, 6.45) is 4.79. The summed E-state index contributed by atoms with van der Waals surface area (Å²) >= 11 is 1.32. The first kappa shape index (κ1) is 24.7. The van der Waals surface area contributed by atoms with E-state index in [1.165, 1.54) is 11.3 Å². The number of rotatable bonds is 9. The number of carbonyl (C=O) groups excluding carboxylic acids is 3. The number of amides is 3. The quantitative estimate of drug-likeness (QED) is 0.450. The molecule has 1 atom stereocenters. The molecule has 3 aromatic rings. The van der Waals surface area contributed by atoms with Gasteiger partial charge in [0, 0.05) is 11.7 Å². The summed E-state index contributed by atoms with van der Waals surface area (Å²) in [5, 5.41) is 7.75. The number of para-hydroxylation sites is 1. The maximum atomic E-state index is 13.8. The van der Waals surface area contributed by atoms with Crippen molar-refractivity contribution in [2.75, 3.05) is 11.4 Å². The van der Waals surface area contributed by atoms with Crippen molar-refractivity contribution in [2.45, 2.75) is 51.1 Å². The number of anilines is 1. The molecule has 6 nitrogen and oxygen atoms in total. The summed E-state index contributed by atoms with van der Waals surface area (Å²) in [6, 6.07) is 19.8. The summed E-state index contributed by atoms with van der Waals surface area (Å²) < 4.78 is 0. The van der Waals surface area contributed by atoms with Gasteiger partial charge >= 0.3 is 0 Å². The maximum Gasteiger partial charge on any atom is 0.261 e. The van der Waals surface area contributed by atoms with Crippen LogP contribution in [-0.4, -0.2) is 30.3 Å². The van der Waals surface area contributed by atoms with Crippen LogP contribution in [0.5, 0.6) is 0 Å². The molecule has 2 N–H and O–H groups in total. The fraction of sp³-hybridized carbons (Fsp3) is 0.321. The summed E-state index contributed by atoms with van der Waals surface area (Å²) in [5.74, 6) is -0.845. The highest BCUT2D eigenvalue weighted by Gasteiger charge is 2.35. The predicted molar refractivity (Wildman–Crippen MR) is 140 cm³/mol. The fourth-order valence-electron chi connectivity index (χ4n) is 4.60. The van der Waals surface area contributed by atoms with Crippen molar-refractivity contribution >= 4 is 34.7 Å². The number of carbonyl (C=O) groups is 3. The van der Waals surface area contributed by atoms with Gasteiger partial charge in [-0.15, -0.1) is 11.3 Å². The lowest BCUT2D eigenvalue weighted by molar-refractivity contribution is -0.126. The monoisotopic (exact) mass is 489 g/mol. The molecule has 0 radical (unpaired) electrons. The van der Waals surface area contributed by atoms with Crippen LogP contribution in [0.1, 0.15) is 59.4 Å². The van der Waals surface area contributed by atoms with Gasteiger partial charge in [0.1, 0.15) is 6.04 Å². The molecule has 7 heteroatoms. The second-order valence-electron chi connectivity index (χ2n) is 8.71. The molecule has 0 spiro atoms. The normalized spacial score (nSPS) is 14.3. The van der Waals surface area contributed by atoms with Gasteiger partial charge in [-0.25, -0.2) is 0 Å². The van der Waals surface area contributed by atoms with Crippen molar-refractivity contribution in [3.05, 3.63) is 88.1 Å². The minimum atomic E-state index is -0.851. The highest BCUT2D eigenvalue weighted by molar-refractivity contribution is 7.12. The molecule has 0 saturated heterocycles. The van der Waals surface area contributed by atoms with E-state index in [2.05, 4.69) is 10.6 Å². The molecule has 1 aliphatic carbocycles. The summed E-state index contributed by atoms with van der Waals surface area (Å²) in [7, 11) is 0. The van der Waals surface area contributed by atoms with Crippen molar-refractivity contribution < 1.29 is 14.4 Å².